The first-order valence-corrected chi connectivity index (χ1v) is 3.46. The molecule has 2 rings (SSSR count). The summed E-state index contributed by atoms with van der Waals surface area (Å²) in [7, 11) is 1.50. The Hall–Kier alpha value is -1.78. The van der Waals surface area contributed by atoms with Crippen molar-refractivity contribution in [1.82, 2.24) is 14.2 Å². The van der Waals surface area contributed by atoms with Gasteiger partial charge < -0.3 is 0 Å². The molecule has 0 fully saturated rings. The van der Waals surface area contributed by atoms with Crippen LogP contribution in [0, 0.1) is 0 Å². The number of nitrogens with zero attached hydrogens (tertiary/aromatic N) is 2. The number of rotatable bonds is 0. The van der Waals surface area contributed by atoms with E-state index < -0.39 is 0 Å². The predicted octanol–water partition coefficient (Wildman–Crippen LogP) is -0.674. The summed E-state index contributed by atoms with van der Waals surface area (Å²) in [5, 5.41) is 2.40. The maximum absolute atomic E-state index is 11.3. The van der Waals surface area contributed by atoms with E-state index in [1.54, 1.807) is 18.3 Å². The molecule has 1 N–H and O–H groups in total. The SMILES string of the molecule is Cn1[nH]c(=O)c2cccn2c1=O. The number of hydrogen-bond donors (Lipinski definition) is 1. The zero-order valence-electron chi connectivity index (χ0n) is 6.44. The fraction of sp³-hybridized carbons (Fsp3) is 0.143. The molecule has 0 bridgehead atoms. The summed E-state index contributed by atoms with van der Waals surface area (Å²) in [6.07, 6.45) is 1.56. The highest BCUT2D eigenvalue weighted by Gasteiger charge is 2.01. The minimum atomic E-state index is -0.262. The molecule has 0 aliphatic carbocycles. The van der Waals surface area contributed by atoms with Crippen molar-refractivity contribution in [3.63, 3.8) is 0 Å². The Bertz CT molecular complexity index is 531. The molecule has 0 amide bonds. The molecule has 12 heavy (non-hydrogen) atoms. The van der Waals surface area contributed by atoms with Crippen LogP contribution in [0.4, 0.5) is 0 Å². The largest absolute Gasteiger partial charge is 0.347 e. The van der Waals surface area contributed by atoms with Crippen LogP contribution < -0.4 is 11.2 Å². The molecule has 0 unspecified atom stereocenters. The van der Waals surface area contributed by atoms with Gasteiger partial charge in [0, 0.05) is 13.2 Å². The average molecular weight is 165 g/mol. The maximum Gasteiger partial charge on any atom is 0.347 e. The van der Waals surface area contributed by atoms with E-state index in [2.05, 4.69) is 5.10 Å². The van der Waals surface area contributed by atoms with Crippen LogP contribution in [0.2, 0.25) is 0 Å². The fourth-order valence-corrected chi connectivity index (χ4v) is 1.15. The lowest BCUT2D eigenvalue weighted by atomic mass is 10.5. The van der Waals surface area contributed by atoms with Crippen LogP contribution in [0.5, 0.6) is 0 Å². The maximum atomic E-state index is 11.3. The van der Waals surface area contributed by atoms with Crippen LogP contribution >= 0.6 is 0 Å². The summed E-state index contributed by atoms with van der Waals surface area (Å²) in [4.78, 5) is 22.5. The van der Waals surface area contributed by atoms with E-state index in [9.17, 15) is 9.59 Å². The van der Waals surface area contributed by atoms with Crippen LogP contribution in [0.3, 0.4) is 0 Å². The Morgan fingerprint density at radius 1 is 1.42 bits per heavy atom. The van der Waals surface area contributed by atoms with Gasteiger partial charge in [-0.2, -0.15) is 0 Å². The number of aryl methyl sites for hydroxylation is 1. The van der Waals surface area contributed by atoms with E-state index in [0.717, 1.165) is 4.68 Å². The fourth-order valence-electron chi connectivity index (χ4n) is 1.15. The number of aromatic nitrogens is 3. The lowest BCUT2D eigenvalue weighted by molar-refractivity contribution is 0.653. The van der Waals surface area contributed by atoms with Gasteiger partial charge in [0.05, 0.1) is 0 Å². The molecular weight excluding hydrogens is 158 g/mol. The molecule has 0 aliphatic rings. The van der Waals surface area contributed by atoms with Gasteiger partial charge in [-0.15, -0.1) is 0 Å². The standard InChI is InChI=1S/C7H7N3O2/c1-9-7(12)10-4-2-3-5(10)6(11)8-9/h2-4H,1H3,(H,8,11). The third kappa shape index (κ3) is 0.730. The van der Waals surface area contributed by atoms with Gasteiger partial charge in [0.25, 0.3) is 5.56 Å². The first-order chi connectivity index (χ1) is 5.70. The number of fused-ring (bicyclic) bond motifs is 1. The van der Waals surface area contributed by atoms with Crippen molar-refractivity contribution in [2.75, 3.05) is 0 Å². The Balaban J connectivity index is 3.18. The summed E-state index contributed by atoms with van der Waals surface area (Å²) < 4.78 is 2.45. The van der Waals surface area contributed by atoms with Gasteiger partial charge in [-0.3, -0.25) is 14.3 Å². The molecule has 62 valence electrons. The Morgan fingerprint density at radius 2 is 2.17 bits per heavy atom. The van der Waals surface area contributed by atoms with Crippen LogP contribution in [0.15, 0.2) is 27.9 Å². The molecule has 2 heterocycles. The molecular formula is C7H7N3O2. The second-order valence-electron chi connectivity index (χ2n) is 2.55. The van der Waals surface area contributed by atoms with E-state index in [1.807, 2.05) is 0 Å². The normalized spacial score (nSPS) is 10.8. The van der Waals surface area contributed by atoms with Gasteiger partial charge in [-0.05, 0) is 12.1 Å². The molecule has 5 heteroatoms. The number of aromatic amines is 1. The molecule has 0 saturated carbocycles. The smallest absolute Gasteiger partial charge is 0.266 e. The second-order valence-corrected chi connectivity index (χ2v) is 2.55. The van der Waals surface area contributed by atoms with Crippen molar-refractivity contribution in [2.24, 2.45) is 7.05 Å². The first-order valence-electron chi connectivity index (χ1n) is 3.46. The summed E-state index contributed by atoms with van der Waals surface area (Å²) in [6, 6.07) is 3.26. The van der Waals surface area contributed by atoms with E-state index in [1.165, 1.54) is 11.4 Å². The molecule has 2 aromatic rings. The Labute approximate surface area is 66.9 Å². The van der Waals surface area contributed by atoms with Crippen molar-refractivity contribution in [1.29, 1.82) is 0 Å². The predicted molar refractivity (Wildman–Crippen MR) is 43.3 cm³/mol. The average Bonchev–Trinajstić information content (AvgIpc) is 2.48. The van der Waals surface area contributed by atoms with Crippen LogP contribution in [-0.4, -0.2) is 14.2 Å². The van der Waals surface area contributed by atoms with Crippen molar-refractivity contribution in [3.8, 4) is 0 Å². The number of H-pyrrole nitrogens is 1. The van der Waals surface area contributed by atoms with Gasteiger partial charge in [0.15, 0.2) is 0 Å². The van der Waals surface area contributed by atoms with Gasteiger partial charge in [-0.1, -0.05) is 0 Å². The van der Waals surface area contributed by atoms with E-state index in [4.69, 9.17) is 0 Å². The van der Waals surface area contributed by atoms with Crippen molar-refractivity contribution < 1.29 is 0 Å². The van der Waals surface area contributed by atoms with Crippen LogP contribution in [-0.2, 0) is 7.05 Å². The highest BCUT2D eigenvalue weighted by atomic mass is 16.2. The summed E-state index contributed by atoms with van der Waals surface area (Å²) in [5.41, 5.74) is -0.144. The third-order valence-electron chi connectivity index (χ3n) is 1.74. The molecule has 0 saturated heterocycles. The monoisotopic (exact) mass is 165 g/mol. The van der Waals surface area contributed by atoms with E-state index >= 15 is 0 Å². The lowest BCUT2D eigenvalue weighted by Crippen LogP contribution is -2.32. The van der Waals surface area contributed by atoms with Crippen molar-refractivity contribution in [2.45, 2.75) is 0 Å². The molecule has 0 aromatic carbocycles. The zero-order chi connectivity index (χ0) is 8.72. The van der Waals surface area contributed by atoms with Gasteiger partial charge in [-0.25, -0.2) is 9.48 Å². The molecule has 0 aliphatic heterocycles. The molecule has 0 spiro atoms. The number of nitrogens with one attached hydrogen (secondary N) is 1. The second kappa shape index (κ2) is 2.10. The topological polar surface area (TPSA) is 59.3 Å². The Morgan fingerprint density at radius 3 is 2.92 bits per heavy atom. The third-order valence-corrected chi connectivity index (χ3v) is 1.74. The quantitative estimate of drug-likeness (QED) is 0.562. The zero-order valence-corrected chi connectivity index (χ0v) is 6.44. The molecule has 0 atom stereocenters. The number of hydrogen-bond acceptors (Lipinski definition) is 2. The van der Waals surface area contributed by atoms with Gasteiger partial charge in [0.2, 0.25) is 0 Å². The van der Waals surface area contributed by atoms with E-state index in [0.29, 0.717) is 5.52 Å². The molecule has 2 aromatic heterocycles. The van der Waals surface area contributed by atoms with Crippen molar-refractivity contribution >= 4 is 5.52 Å². The summed E-state index contributed by atoms with van der Waals surface area (Å²) >= 11 is 0. The van der Waals surface area contributed by atoms with Crippen LogP contribution in [0.25, 0.3) is 5.52 Å². The summed E-state index contributed by atoms with van der Waals surface area (Å²) in [6.45, 7) is 0. The summed E-state index contributed by atoms with van der Waals surface area (Å²) in [5.74, 6) is 0. The minimum absolute atomic E-state index is 0.255. The highest BCUT2D eigenvalue weighted by molar-refractivity contribution is 5.43. The molecule has 5 nitrogen and oxygen atoms in total. The minimum Gasteiger partial charge on any atom is -0.266 e. The van der Waals surface area contributed by atoms with E-state index in [-0.39, 0.29) is 11.2 Å². The van der Waals surface area contributed by atoms with Crippen molar-refractivity contribution in [3.05, 3.63) is 39.2 Å². The Kier molecular flexibility index (Phi) is 1.21. The first kappa shape index (κ1) is 6.90. The lowest BCUT2D eigenvalue weighted by Gasteiger charge is -1.97. The van der Waals surface area contributed by atoms with Gasteiger partial charge in [0.1, 0.15) is 5.52 Å². The highest BCUT2D eigenvalue weighted by Crippen LogP contribution is 1.90. The van der Waals surface area contributed by atoms with Crippen LogP contribution in [0.1, 0.15) is 0 Å². The molecule has 0 radical (unpaired) electrons. The van der Waals surface area contributed by atoms with Gasteiger partial charge >= 0.3 is 5.69 Å².